The molecular weight excluding hydrogens is 224 g/mol. The van der Waals surface area contributed by atoms with Crippen molar-refractivity contribution in [3.63, 3.8) is 0 Å². The molecule has 4 heteroatoms. The lowest BCUT2D eigenvalue weighted by Gasteiger charge is -2.09. The number of carbonyl (C=O) groups excluding carboxylic acids is 1. The number of hydrogen-bond acceptors (Lipinski definition) is 2. The summed E-state index contributed by atoms with van der Waals surface area (Å²) >= 11 is 5.94. The molecule has 0 aliphatic carbocycles. The lowest BCUT2D eigenvalue weighted by atomic mass is 10.2. The van der Waals surface area contributed by atoms with E-state index in [2.05, 4.69) is 17.2 Å². The fraction of sp³-hybridized carbons (Fsp3) is 0.250. The van der Waals surface area contributed by atoms with Crippen molar-refractivity contribution < 1.29 is 4.79 Å². The summed E-state index contributed by atoms with van der Waals surface area (Å²) in [6, 6.07) is 5.43. The zero-order valence-corrected chi connectivity index (χ0v) is 9.97. The number of rotatable bonds is 5. The molecule has 0 atom stereocenters. The molecule has 16 heavy (non-hydrogen) atoms. The van der Waals surface area contributed by atoms with Gasteiger partial charge in [-0.05, 0) is 24.6 Å². The molecular formula is C12H15ClN2O. The molecule has 0 fully saturated rings. The van der Waals surface area contributed by atoms with Crippen LogP contribution in [0.1, 0.15) is 5.56 Å². The summed E-state index contributed by atoms with van der Waals surface area (Å²) in [6.45, 7) is 6.30. The molecule has 0 spiro atoms. The van der Waals surface area contributed by atoms with Gasteiger partial charge in [-0.25, -0.2) is 0 Å². The second kappa shape index (κ2) is 6.30. The summed E-state index contributed by atoms with van der Waals surface area (Å²) < 4.78 is 0. The molecule has 1 rings (SSSR count). The van der Waals surface area contributed by atoms with Crippen LogP contribution >= 0.6 is 11.6 Å². The van der Waals surface area contributed by atoms with Crippen LogP contribution in [0.2, 0.25) is 5.02 Å². The van der Waals surface area contributed by atoms with E-state index in [1.807, 2.05) is 19.1 Å². The molecule has 2 N–H and O–H groups in total. The Morgan fingerprint density at radius 2 is 2.31 bits per heavy atom. The highest BCUT2D eigenvalue weighted by Gasteiger charge is 2.05. The average molecular weight is 239 g/mol. The summed E-state index contributed by atoms with van der Waals surface area (Å²) in [7, 11) is 0. The smallest absolute Gasteiger partial charge is 0.238 e. The van der Waals surface area contributed by atoms with Crippen LogP contribution < -0.4 is 10.6 Å². The minimum atomic E-state index is -0.0905. The predicted octanol–water partition coefficient (Wildman–Crippen LogP) is 2.36. The Balaban J connectivity index is 2.56. The van der Waals surface area contributed by atoms with E-state index in [4.69, 9.17) is 11.6 Å². The molecule has 0 saturated carbocycles. The topological polar surface area (TPSA) is 41.1 Å². The highest BCUT2D eigenvalue weighted by molar-refractivity contribution is 6.31. The van der Waals surface area contributed by atoms with Gasteiger partial charge in [0.05, 0.1) is 6.54 Å². The number of nitrogens with one attached hydrogen (secondary N) is 2. The van der Waals surface area contributed by atoms with Crippen LogP contribution in [-0.2, 0) is 4.79 Å². The van der Waals surface area contributed by atoms with E-state index in [1.165, 1.54) is 0 Å². The van der Waals surface area contributed by atoms with Gasteiger partial charge in [0.1, 0.15) is 0 Å². The third-order valence-electron chi connectivity index (χ3n) is 2.12. The molecule has 1 aromatic rings. The Kier molecular flexibility index (Phi) is 5.02. The maximum atomic E-state index is 11.5. The van der Waals surface area contributed by atoms with Crippen molar-refractivity contribution in [1.29, 1.82) is 0 Å². The number of anilines is 1. The van der Waals surface area contributed by atoms with Gasteiger partial charge in [0, 0.05) is 17.3 Å². The van der Waals surface area contributed by atoms with Gasteiger partial charge >= 0.3 is 0 Å². The fourth-order valence-electron chi connectivity index (χ4n) is 1.23. The van der Waals surface area contributed by atoms with Crippen LogP contribution in [-0.4, -0.2) is 19.0 Å². The van der Waals surface area contributed by atoms with E-state index in [1.54, 1.807) is 12.1 Å². The number of carbonyl (C=O) groups is 1. The van der Waals surface area contributed by atoms with Crippen LogP contribution in [0.3, 0.4) is 0 Å². The van der Waals surface area contributed by atoms with E-state index in [-0.39, 0.29) is 12.5 Å². The van der Waals surface area contributed by atoms with Crippen molar-refractivity contribution in [2.75, 3.05) is 18.4 Å². The monoisotopic (exact) mass is 238 g/mol. The van der Waals surface area contributed by atoms with Gasteiger partial charge in [-0.1, -0.05) is 23.7 Å². The van der Waals surface area contributed by atoms with E-state index < -0.39 is 0 Å². The van der Waals surface area contributed by atoms with Gasteiger partial charge in [-0.15, -0.1) is 6.58 Å². The zero-order chi connectivity index (χ0) is 12.0. The largest absolute Gasteiger partial charge is 0.325 e. The van der Waals surface area contributed by atoms with Crippen LogP contribution in [0.15, 0.2) is 30.9 Å². The van der Waals surface area contributed by atoms with E-state index in [0.29, 0.717) is 11.6 Å². The van der Waals surface area contributed by atoms with Gasteiger partial charge in [-0.3, -0.25) is 4.79 Å². The molecule has 0 bridgehead atoms. The Labute approximate surface area is 100 Å². The first-order valence-electron chi connectivity index (χ1n) is 5.01. The summed E-state index contributed by atoms with van der Waals surface area (Å²) in [5.41, 5.74) is 1.62. The van der Waals surface area contributed by atoms with E-state index in [9.17, 15) is 4.79 Å². The summed E-state index contributed by atoms with van der Waals surface area (Å²) in [4.78, 5) is 11.5. The number of amides is 1. The second-order valence-electron chi connectivity index (χ2n) is 3.38. The standard InChI is InChI=1S/C12H15ClN2O/c1-3-7-14-8-12(16)15-11-6-4-5-10(13)9(11)2/h3-6,14H,1,7-8H2,2H3,(H,15,16). The van der Waals surface area contributed by atoms with Gasteiger partial charge in [0.25, 0.3) is 0 Å². The van der Waals surface area contributed by atoms with Crippen molar-refractivity contribution in [2.45, 2.75) is 6.92 Å². The lowest BCUT2D eigenvalue weighted by molar-refractivity contribution is -0.115. The Morgan fingerprint density at radius 1 is 1.56 bits per heavy atom. The van der Waals surface area contributed by atoms with Gasteiger partial charge in [0.2, 0.25) is 5.91 Å². The summed E-state index contributed by atoms with van der Waals surface area (Å²) in [5, 5.41) is 6.37. The minimum absolute atomic E-state index is 0.0905. The van der Waals surface area contributed by atoms with Crippen molar-refractivity contribution >= 4 is 23.2 Å². The molecule has 0 unspecified atom stereocenters. The van der Waals surface area contributed by atoms with Crippen molar-refractivity contribution in [2.24, 2.45) is 0 Å². The quantitative estimate of drug-likeness (QED) is 0.611. The van der Waals surface area contributed by atoms with Crippen LogP contribution in [0.5, 0.6) is 0 Å². The molecule has 86 valence electrons. The van der Waals surface area contributed by atoms with Crippen molar-refractivity contribution in [3.05, 3.63) is 41.4 Å². The molecule has 1 aromatic carbocycles. The SMILES string of the molecule is C=CCNCC(=O)Nc1cccc(Cl)c1C. The molecule has 0 aliphatic heterocycles. The number of hydrogen-bond donors (Lipinski definition) is 2. The molecule has 0 aromatic heterocycles. The Bertz CT molecular complexity index is 391. The third kappa shape index (κ3) is 3.68. The molecule has 3 nitrogen and oxygen atoms in total. The van der Waals surface area contributed by atoms with Crippen LogP contribution in [0, 0.1) is 6.92 Å². The first-order chi connectivity index (χ1) is 7.65. The predicted molar refractivity (Wildman–Crippen MR) is 67.9 cm³/mol. The van der Waals surface area contributed by atoms with Crippen LogP contribution in [0.25, 0.3) is 0 Å². The molecule has 0 heterocycles. The lowest BCUT2D eigenvalue weighted by Crippen LogP contribution is -2.28. The third-order valence-corrected chi connectivity index (χ3v) is 2.53. The number of benzene rings is 1. The highest BCUT2D eigenvalue weighted by atomic mass is 35.5. The van der Waals surface area contributed by atoms with Gasteiger partial charge in [-0.2, -0.15) is 0 Å². The van der Waals surface area contributed by atoms with Crippen molar-refractivity contribution in [1.82, 2.24) is 5.32 Å². The molecule has 0 aliphatic rings. The maximum Gasteiger partial charge on any atom is 0.238 e. The molecule has 0 saturated heterocycles. The minimum Gasteiger partial charge on any atom is -0.325 e. The molecule has 0 radical (unpaired) electrons. The van der Waals surface area contributed by atoms with E-state index in [0.717, 1.165) is 11.3 Å². The van der Waals surface area contributed by atoms with E-state index >= 15 is 0 Å². The number of halogens is 1. The Hall–Kier alpha value is -1.32. The van der Waals surface area contributed by atoms with Crippen molar-refractivity contribution in [3.8, 4) is 0 Å². The summed E-state index contributed by atoms with van der Waals surface area (Å²) in [5.74, 6) is -0.0905. The highest BCUT2D eigenvalue weighted by Crippen LogP contribution is 2.22. The Morgan fingerprint density at radius 3 is 3.00 bits per heavy atom. The second-order valence-corrected chi connectivity index (χ2v) is 3.79. The average Bonchev–Trinajstić information content (AvgIpc) is 2.25. The molecule has 1 amide bonds. The fourth-order valence-corrected chi connectivity index (χ4v) is 1.40. The van der Waals surface area contributed by atoms with Gasteiger partial charge < -0.3 is 10.6 Å². The van der Waals surface area contributed by atoms with Crippen LogP contribution in [0.4, 0.5) is 5.69 Å². The first kappa shape index (κ1) is 12.7. The normalized spacial score (nSPS) is 9.88. The first-order valence-corrected chi connectivity index (χ1v) is 5.39. The maximum absolute atomic E-state index is 11.5. The van der Waals surface area contributed by atoms with Gasteiger partial charge in [0.15, 0.2) is 0 Å². The zero-order valence-electron chi connectivity index (χ0n) is 9.22. The summed E-state index contributed by atoms with van der Waals surface area (Å²) in [6.07, 6.45) is 1.71.